The molecule has 0 amide bonds. The molecule has 1 aromatic heterocycles. The van der Waals surface area contributed by atoms with Crippen molar-refractivity contribution in [3.8, 4) is 0 Å². The molecule has 1 N–H and O–H groups in total. The van der Waals surface area contributed by atoms with Crippen LogP contribution in [0.25, 0.3) is 0 Å². The molecule has 3 nitrogen and oxygen atoms in total. The van der Waals surface area contributed by atoms with E-state index in [1.807, 2.05) is 0 Å². The number of rotatable bonds is 7. The lowest BCUT2D eigenvalue weighted by atomic mass is 9.80. The maximum absolute atomic E-state index is 4.93. The first-order valence-corrected chi connectivity index (χ1v) is 9.04. The van der Waals surface area contributed by atoms with Crippen LogP contribution in [-0.4, -0.2) is 22.4 Å². The highest BCUT2D eigenvalue weighted by molar-refractivity contribution is 5.12. The molecule has 0 radical (unpaired) electrons. The summed E-state index contributed by atoms with van der Waals surface area (Å²) >= 11 is 0. The smallest absolute Gasteiger partial charge is 0.0678 e. The van der Waals surface area contributed by atoms with Gasteiger partial charge in [-0.2, -0.15) is 5.10 Å². The van der Waals surface area contributed by atoms with Gasteiger partial charge in [0.05, 0.1) is 11.7 Å². The molecule has 0 spiro atoms. The summed E-state index contributed by atoms with van der Waals surface area (Å²) in [6.45, 7) is 10.0. The Labute approximate surface area is 130 Å². The van der Waals surface area contributed by atoms with Gasteiger partial charge in [-0.15, -0.1) is 0 Å². The fraction of sp³-hybridized carbons (Fsp3) is 0.833. The SMILES string of the molecule is CCCC1CCC(NCC)C(n2nc(CC)cc2CC)C1. The zero-order valence-corrected chi connectivity index (χ0v) is 14.4. The fourth-order valence-electron chi connectivity index (χ4n) is 3.89. The van der Waals surface area contributed by atoms with E-state index in [-0.39, 0.29) is 0 Å². The van der Waals surface area contributed by atoms with Crippen LogP contribution in [-0.2, 0) is 12.8 Å². The van der Waals surface area contributed by atoms with Gasteiger partial charge in [-0.05, 0) is 50.6 Å². The van der Waals surface area contributed by atoms with Crippen molar-refractivity contribution in [3.63, 3.8) is 0 Å². The van der Waals surface area contributed by atoms with Crippen molar-refractivity contribution in [2.45, 2.75) is 84.7 Å². The van der Waals surface area contributed by atoms with E-state index in [2.05, 4.69) is 43.8 Å². The molecule has 3 atom stereocenters. The maximum Gasteiger partial charge on any atom is 0.0678 e. The van der Waals surface area contributed by atoms with Gasteiger partial charge in [-0.1, -0.05) is 40.5 Å². The Morgan fingerprint density at radius 2 is 2.00 bits per heavy atom. The second kappa shape index (κ2) is 7.98. The van der Waals surface area contributed by atoms with Gasteiger partial charge in [0.2, 0.25) is 0 Å². The molecule has 1 aliphatic rings. The molecular weight excluding hydrogens is 258 g/mol. The Hall–Kier alpha value is -0.830. The number of aromatic nitrogens is 2. The van der Waals surface area contributed by atoms with Crippen LogP contribution in [0.2, 0.25) is 0 Å². The van der Waals surface area contributed by atoms with E-state index >= 15 is 0 Å². The van der Waals surface area contributed by atoms with Crippen molar-refractivity contribution in [2.24, 2.45) is 5.92 Å². The minimum Gasteiger partial charge on any atom is -0.312 e. The summed E-state index contributed by atoms with van der Waals surface area (Å²) in [7, 11) is 0. The molecule has 0 aliphatic heterocycles. The molecule has 1 fully saturated rings. The van der Waals surface area contributed by atoms with Crippen molar-refractivity contribution in [3.05, 3.63) is 17.5 Å². The van der Waals surface area contributed by atoms with E-state index < -0.39 is 0 Å². The number of hydrogen-bond acceptors (Lipinski definition) is 2. The summed E-state index contributed by atoms with van der Waals surface area (Å²) < 4.78 is 2.37. The summed E-state index contributed by atoms with van der Waals surface area (Å²) in [5.74, 6) is 0.883. The molecule has 1 aliphatic carbocycles. The molecule has 1 saturated carbocycles. The minimum absolute atomic E-state index is 0.547. The van der Waals surface area contributed by atoms with E-state index in [0.29, 0.717) is 12.1 Å². The zero-order valence-electron chi connectivity index (χ0n) is 14.4. The molecular formula is C18H33N3. The Bertz CT molecular complexity index is 424. The lowest BCUT2D eigenvalue weighted by molar-refractivity contribution is 0.185. The van der Waals surface area contributed by atoms with Crippen LogP contribution in [0.3, 0.4) is 0 Å². The van der Waals surface area contributed by atoms with Gasteiger partial charge in [0.15, 0.2) is 0 Å². The van der Waals surface area contributed by atoms with E-state index in [0.717, 1.165) is 25.3 Å². The first-order chi connectivity index (χ1) is 10.2. The van der Waals surface area contributed by atoms with E-state index in [4.69, 9.17) is 5.10 Å². The maximum atomic E-state index is 4.93. The standard InChI is InChI=1S/C18H33N3/c1-5-9-14-10-11-17(19-8-4)18(12-14)21-16(7-3)13-15(6-2)20-21/h13-14,17-19H,5-12H2,1-4H3. The first kappa shape index (κ1) is 16.5. The van der Waals surface area contributed by atoms with Crippen LogP contribution in [0, 0.1) is 5.92 Å². The molecule has 0 bridgehead atoms. The van der Waals surface area contributed by atoms with Crippen LogP contribution >= 0.6 is 0 Å². The van der Waals surface area contributed by atoms with Gasteiger partial charge in [0, 0.05) is 11.7 Å². The predicted octanol–water partition coefficient (Wildman–Crippen LogP) is 4.13. The monoisotopic (exact) mass is 291 g/mol. The van der Waals surface area contributed by atoms with Crippen molar-refractivity contribution in [2.75, 3.05) is 6.54 Å². The lowest BCUT2D eigenvalue weighted by Crippen LogP contribution is -2.42. The third-order valence-corrected chi connectivity index (χ3v) is 4.99. The number of hydrogen-bond donors (Lipinski definition) is 1. The Morgan fingerprint density at radius 1 is 1.19 bits per heavy atom. The molecule has 0 saturated heterocycles. The second-order valence-corrected chi connectivity index (χ2v) is 6.48. The van der Waals surface area contributed by atoms with Crippen molar-refractivity contribution in [1.82, 2.24) is 15.1 Å². The molecule has 120 valence electrons. The van der Waals surface area contributed by atoms with Crippen molar-refractivity contribution in [1.29, 1.82) is 0 Å². The highest BCUT2D eigenvalue weighted by atomic mass is 15.3. The van der Waals surface area contributed by atoms with Gasteiger partial charge in [0.1, 0.15) is 0 Å². The largest absolute Gasteiger partial charge is 0.312 e. The summed E-state index contributed by atoms with van der Waals surface area (Å²) in [5.41, 5.74) is 2.66. The van der Waals surface area contributed by atoms with Gasteiger partial charge < -0.3 is 5.32 Å². The fourth-order valence-corrected chi connectivity index (χ4v) is 3.89. The number of likely N-dealkylation sites (N-methyl/N-ethyl adjacent to an activating group) is 1. The molecule has 3 unspecified atom stereocenters. The van der Waals surface area contributed by atoms with Crippen LogP contribution in [0.5, 0.6) is 0 Å². The molecule has 1 aromatic rings. The second-order valence-electron chi connectivity index (χ2n) is 6.48. The first-order valence-electron chi connectivity index (χ1n) is 9.04. The Morgan fingerprint density at radius 3 is 2.62 bits per heavy atom. The van der Waals surface area contributed by atoms with Gasteiger partial charge >= 0.3 is 0 Å². The lowest BCUT2D eigenvalue weighted by Gasteiger charge is -2.37. The Kier molecular flexibility index (Phi) is 6.28. The van der Waals surface area contributed by atoms with E-state index in [9.17, 15) is 0 Å². The number of nitrogens with zero attached hydrogens (tertiary/aromatic N) is 2. The minimum atomic E-state index is 0.547. The van der Waals surface area contributed by atoms with Crippen molar-refractivity contribution < 1.29 is 0 Å². The summed E-state index contributed by atoms with van der Waals surface area (Å²) in [5, 5.41) is 8.64. The van der Waals surface area contributed by atoms with E-state index in [1.54, 1.807) is 0 Å². The third kappa shape index (κ3) is 3.88. The highest BCUT2D eigenvalue weighted by Gasteiger charge is 2.32. The van der Waals surface area contributed by atoms with Crippen LogP contribution in [0.4, 0.5) is 0 Å². The Balaban J connectivity index is 2.23. The average Bonchev–Trinajstić information content (AvgIpc) is 2.92. The number of nitrogens with one attached hydrogen (secondary N) is 1. The van der Waals surface area contributed by atoms with Crippen molar-refractivity contribution >= 4 is 0 Å². The van der Waals surface area contributed by atoms with Gasteiger partial charge in [0.25, 0.3) is 0 Å². The van der Waals surface area contributed by atoms with Crippen LogP contribution in [0.1, 0.15) is 77.2 Å². The van der Waals surface area contributed by atoms with Gasteiger partial charge in [-0.3, -0.25) is 4.68 Å². The highest BCUT2D eigenvalue weighted by Crippen LogP contribution is 2.36. The summed E-state index contributed by atoms with van der Waals surface area (Å²) in [4.78, 5) is 0. The molecule has 0 aromatic carbocycles. The van der Waals surface area contributed by atoms with Gasteiger partial charge in [-0.25, -0.2) is 0 Å². The summed E-state index contributed by atoms with van der Waals surface area (Å²) in [6, 6.07) is 3.45. The third-order valence-electron chi connectivity index (χ3n) is 4.99. The average molecular weight is 291 g/mol. The zero-order chi connectivity index (χ0) is 15.2. The molecule has 2 rings (SSSR count). The number of aryl methyl sites for hydroxylation is 2. The normalized spacial score (nSPS) is 26.2. The predicted molar refractivity (Wildman–Crippen MR) is 89.7 cm³/mol. The van der Waals surface area contributed by atoms with E-state index in [1.165, 1.54) is 43.5 Å². The quantitative estimate of drug-likeness (QED) is 0.818. The van der Waals surface area contributed by atoms with Crippen LogP contribution < -0.4 is 5.32 Å². The molecule has 1 heterocycles. The molecule has 21 heavy (non-hydrogen) atoms. The molecule has 3 heteroatoms. The van der Waals surface area contributed by atoms with Crippen LogP contribution in [0.15, 0.2) is 6.07 Å². The topological polar surface area (TPSA) is 29.9 Å². The summed E-state index contributed by atoms with van der Waals surface area (Å²) in [6.07, 6.45) is 8.78.